The molecule has 11 heteroatoms. The largest absolute Gasteiger partial charge is 0.497 e. The normalized spacial score (nSPS) is 11.0. The Hall–Kier alpha value is -4.80. The zero-order valence-corrected chi connectivity index (χ0v) is 18.8. The molecule has 2 aromatic carbocycles. The Morgan fingerprint density at radius 2 is 1.94 bits per heavy atom. The maximum absolute atomic E-state index is 12.5. The highest BCUT2D eigenvalue weighted by Crippen LogP contribution is 2.23. The van der Waals surface area contributed by atoms with Crippen LogP contribution >= 0.6 is 0 Å². The molecule has 0 radical (unpaired) electrons. The molecule has 0 aliphatic carbocycles. The molecule has 1 amide bonds. The molecule has 5 rings (SSSR count). The number of methoxy groups -OCH3 is 1. The third-order valence-electron chi connectivity index (χ3n) is 5.29. The van der Waals surface area contributed by atoms with E-state index in [2.05, 4.69) is 25.6 Å². The molecule has 3 aromatic heterocycles. The number of para-hydroxylation sites is 1. The van der Waals surface area contributed by atoms with Gasteiger partial charge in [0.05, 0.1) is 30.9 Å². The Bertz CT molecular complexity index is 1580. The van der Waals surface area contributed by atoms with Gasteiger partial charge in [0.1, 0.15) is 18.9 Å². The van der Waals surface area contributed by atoms with Crippen molar-refractivity contribution in [2.75, 3.05) is 20.3 Å². The fraction of sp³-hybridized carbons (Fsp3) is 0.167. The number of amides is 1. The lowest BCUT2D eigenvalue weighted by atomic mass is 10.2. The molecule has 35 heavy (non-hydrogen) atoms. The zero-order chi connectivity index (χ0) is 24.2. The quantitative estimate of drug-likeness (QED) is 0.339. The molecule has 0 fully saturated rings. The van der Waals surface area contributed by atoms with Crippen LogP contribution < -0.4 is 20.3 Å². The first-order valence-electron chi connectivity index (χ1n) is 10.8. The minimum Gasteiger partial charge on any atom is -0.497 e. The Morgan fingerprint density at radius 3 is 2.83 bits per heavy atom. The second-order valence-corrected chi connectivity index (χ2v) is 7.59. The Labute approximate surface area is 199 Å². The lowest BCUT2D eigenvalue weighted by Crippen LogP contribution is -2.34. The molecule has 0 aliphatic rings. The van der Waals surface area contributed by atoms with E-state index in [-0.39, 0.29) is 31.2 Å². The molecule has 3 heterocycles. The summed E-state index contributed by atoms with van der Waals surface area (Å²) in [4.78, 5) is 29.0. The van der Waals surface area contributed by atoms with Crippen molar-refractivity contribution in [2.45, 2.75) is 6.54 Å². The Balaban J connectivity index is 1.20. The van der Waals surface area contributed by atoms with E-state index in [1.807, 2.05) is 24.3 Å². The van der Waals surface area contributed by atoms with Crippen molar-refractivity contribution >= 4 is 22.5 Å². The first-order chi connectivity index (χ1) is 17.1. The summed E-state index contributed by atoms with van der Waals surface area (Å²) in [6, 6.07) is 17.9. The SMILES string of the molecule is COc1cccc(-c2nnc3ccc(OCCNC(=O)Cn4cnc5ccccc5c4=O)nn23)c1. The molecule has 0 atom stereocenters. The van der Waals surface area contributed by atoms with Crippen molar-refractivity contribution in [2.24, 2.45) is 0 Å². The number of carbonyl (C=O) groups excluding carboxylic acids is 1. The van der Waals surface area contributed by atoms with Gasteiger partial charge in [-0.15, -0.1) is 15.3 Å². The van der Waals surface area contributed by atoms with Crippen molar-refractivity contribution in [3.05, 3.63) is 77.3 Å². The zero-order valence-electron chi connectivity index (χ0n) is 18.8. The van der Waals surface area contributed by atoms with E-state index in [9.17, 15) is 9.59 Å². The highest BCUT2D eigenvalue weighted by molar-refractivity contribution is 5.78. The molecule has 176 valence electrons. The smallest absolute Gasteiger partial charge is 0.261 e. The van der Waals surface area contributed by atoms with Crippen LogP contribution in [0.15, 0.2) is 71.8 Å². The van der Waals surface area contributed by atoms with E-state index < -0.39 is 0 Å². The summed E-state index contributed by atoms with van der Waals surface area (Å²) in [5.41, 5.74) is 1.69. The van der Waals surface area contributed by atoms with Crippen LogP contribution in [-0.4, -0.2) is 55.5 Å². The number of carbonyl (C=O) groups is 1. The number of nitrogens with zero attached hydrogens (tertiary/aromatic N) is 6. The number of hydrogen-bond acceptors (Lipinski definition) is 8. The van der Waals surface area contributed by atoms with Crippen LogP contribution in [-0.2, 0) is 11.3 Å². The van der Waals surface area contributed by atoms with Crippen LogP contribution in [0.2, 0.25) is 0 Å². The van der Waals surface area contributed by atoms with Crippen LogP contribution in [0.5, 0.6) is 11.6 Å². The molecule has 11 nitrogen and oxygen atoms in total. The summed E-state index contributed by atoms with van der Waals surface area (Å²) in [6.07, 6.45) is 1.37. The maximum atomic E-state index is 12.5. The number of fused-ring (bicyclic) bond motifs is 2. The molecule has 0 bridgehead atoms. The van der Waals surface area contributed by atoms with Crippen molar-refractivity contribution in [3.63, 3.8) is 0 Å². The number of ether oxygens (including phenoxy) is 2. The lowest BCUT2D eigenvalue weighted by molar-refractivity contribution is -0.121. The Morgan fingerprint density at radius 1 is 1.06 bits per heavy atom. The average Bonchev–Trinajstić information content (AvgIpc) is 3.32. The van der Waals surface area contributed by atoms with Gasteiger partial charge in [-0.25, -0.2) is 4.98 Å². The number of benzene rings is 2. The van der Waals surface area contributed by atoms with Crippen LogP contribution in [0.3, 0.4) is 0 Å². The van der Waals surface area contributed by atoms with Gasteiger partial charge in [-0.2, -0.15) is 4.52 Å². The van der Waals surface area contributed by atoms with Gasteiger partial charge in [0.25, 0.3) is 5.56 Å². The van der Waals surface area contributed by atoms with E-state index in [1.165, 1.54) is 10.9 Å². The molecule has 5 aromatic rings. The fourth-order valence-corrected chi connectivity index (χ4v) is 3.57. The van der Waals surface area contributed by atoms with E-state index in [4.69, 9.17) is 9.47 Å². The van der Waals surface area contributed by atoms with Gasteiger partial charge in [0, 0.05) is 11.6 Å². The van der Waals surface area contributed by atoms with Crippen molar-refractivity contribution in [3.8, 4) is 23.0 Å². The summed E-state index contributed by atoms with van der Waals surface area (Å²) in [5.74, 6) is 1.28. The van der Waals surface area contributed by atoms with Gasteiger partial charge in [-0.05, 0) is 30.3 Å². The maximum Gasteiger partial charge on any atom is 0.261 e. The number of rotatable bonds is 8. The molecule has 0 aliphatic heterocycles. The van der Waals surface area contributed by atoms with Gasteiger partial charge < -0.3 is 14.8 Å². The standard InChI is InChI=1S/C24H21N7O4/c1-34-17-6-4-5-16(13-17)23-28-27-20-9-10-22(29-31(20)23)35-12-11-25-21(32)14-30-15-26-19-8-3-2-7-18(19)24(30)33/h2-10,13,15H,11-12,14H2,1H3,(H,25,32). The van der Waals surface area contributed by atoms with Gasteiger partial charge in [-0.1, -0.05) is 24.3 Å². The third-order valence-corrected chi connectivity index (χ3v) is 5.29. The fourth-order valence-electron chi connectivity index (χ4n) is 3.57. The van der Waals surface area contributed by atoms with Crippen LogP contribution in [0.4, 0.5) is 0 Å². The van der Waals surface area contributed by atoms with Crippen molar-refractivity contribution < 1.29 is 14.3 Å². The van der Waals surface area contributed by atoms with Gasteiger partial charge in [0.2, 0.25) is 11.8 Å². The highest BCUT2D eigenvalue weighted by Gasteiger charge is 2.12. The van der Waals surface area contributed by atoms with Crippen LogP contribution in [0.1, 0.15) is 0 Å². The van der Waals surface area contributed by atoms with E-state index in [0.717, 1.165) is 5.56 Å². The molecular formula is C24H21N7O4. The van der Waals surface area contributed by atoms with E-state index >= 15 is 0 Å². The summed E-state index contributed by atoms with van der Waals surface area (Å²) < 4.78 is 13.8. The molecule has 0 spiro atoms. The van der Waals surface area contributed by atoms with Gasteiger partial charge >= 0.3 is 0 Å². The predicted molar refractivity (Wildman–Crippen MR) is 127 cm³/mol. The Kier molecular flexibility index (Phi) is 6.03. The predicted octanol–water partition coefficient (Wildman–Crippen LogP) is 1.70. The first kappa shape index (κ1) is 22.0. The molecular weight excluding hydrogens is 450 g/mol. The summed E-state index contributed by atoms with van der Waals surface area (Å²) >= 11 is 0. The highest BCUT2D eigenvalue weighted by atomic mass is 16.5. The van der Waals surface area contributed by atoms with Crippen molar-refractivity contribution in [1.82, 2.24) is 34.7 Å². The number of aromatic nitrogens is 6. The molecule has 0 saturated heterocycles. The summed E-state index contributed by atoms with van der Waals surface area (Å²) in [7, 11) is 1.60. The lowest BCUT2D eigenvalue weighted by Gasteiger charge is -2.09. The second-order valence-electron chi connectivity index (χ2n) is 7.59. The van der Waals surface area contributed by atoms with Gasteiger partial charge in [0.15, 0.2) is 11.5 Å². The molecule has 1 N–H and O–H groups in total. The van der Waals surface area contributed by atoms with E-state index in [1.54, 1.807) is 48.0 Å². The minimum atomic E-state index is -0.324. The topological polar surface area (TPSA) is 126 Å². The van der Waals surface area contributed by atoms with Crippen molar-refractivity contribution in [1.29, 1.82) is 0 Å². The summed E-state index contributed by atoms with van der Waals surface area (Å²) in [6.45, 7) is 0.288. The second kappa shape index (κ2) is 9.59. The number of nitrogens with one attached hydrogen (secondary N) is 1. The molecule has 0 saturated carbocycles. The summed E-state index contributed by atoms with van der Waals surface area (Å²) in [5, 5.41) is 16.0. The average molecular weight is 471 g/mol. The third kappa shape index (κ3) is 4.64. The monoisotopic (exact) mass is 471 g/mol. The van der Waals surface area contributed by atoms with Crippen LogP contribution in [0, 0.1) is 0 Å². The van der Waals surface area contributed by atoms with Crippen LogP contribution in [0.25, 0.3) is 27.9 Å². The van der Waals surface area contributed by atoms with E-state index in [0.29, 0.717) is 34.0 Å². The molecule has 0 unspecified atom stereocenters. The first-order valence-corrected chi connectivity index (χ1v) is 10.8. The minimum absolute atomic E-state index is 0.133. The number of hydrogen-bond donors (Lipinski definition) is 1. The van der Waals surface area contributed by atoms with Gasteiger partial charge in [-0.3, -0.25) is 14.2 Å².